The Hall–Kier alpha value is -2.11. The van der Waals surface area contributed by atoms with Gasteiger partial charge in [-0.15, -0.1) is 0 Å². The molecule has 2 aromatic carbocycles. The molecular weight excluding hydrogens is 273 g/mol. The first-order chi connectivity index (χ1) is 10.2. The Bertz CT molecular complexity index is 542. The molecule has 1 atom stereocenters. The van der Waals surface area contributed by atoms with E-state index in [0.29, 0.717) is 12.4 Å². The van der Waals surface area contributed by atoms with Gasteiger partial charge in [-0.2, -0.15) is 0 Å². The van der Waals surface area contributed by atoms with Crippen molar-refractivity contribution in [2.24, 2.45) is 0 Å². The SMILES string of the molecule is OCC(O)CNc1ccc(OCc2ccc(F)cc2)cc1. The molecule has 4 nitrogen and oxygen atoms in total. The van der Waals surface area contributed by atoms with Crippen molar-refractivity contribution >= 4 is 5.69 Å². The maximum absolute atomic E-state index is 12.8. The molecule has 0 fully saturated rings. The van der Waals surface area contributed by atoms with Gasteiger partial charge in [-0.25, -0.2) is 4.39 Å². The van der Waals surface area contributed by atoms with E-state index in [1.807, 2.05) is 12.1 Å². The van der Waals surface area contributed by atoms with Crippen LogP contribution in [0.15, 0.2) is 48.5 Å². The Morgan fingerprint density at radius 2 is 1.71 bits per heavy atom. The van der Waals surface area contributed by atoms with Crippen LogP contribution in [0.4, 0.5) is 10.1 Å². The van der Waals surface area contributed by atoms with Crippen LogP contribution in [0, 0.1) is 5.82 Å². The Morgan fingerprint density at radius 1 is 1.05 bits per heavy atom. The number of benzene rings is 2. The average molecular weight is 291 g/mol. The summed E-state index contributed by atoms with van der Waals surface area (Å²) < 4.78 is 18.4. The highest BCUT2D eigenvalue weighted by Gasteiger charge is 2.02. The monoisotopic (exact) mass is 291 g/mol. The van der Waals surface area contributed by atoms with E-state index in [1.165, 1.54) is 12.1 Å². The third-order valence-electron chi connectivity index (χ3n) is 2.93. The fraction of sp³-hybridized carbons (Fsp3) is 0.250. The van der Waals surface area contributed by atoms with Crippen LogP contribution in [0.1, 0.15) is 5.56 Å². The lowest BCUT2D eigenvalue weighted by Crippen LogP contribution is -2.22. The number of rotatable bonds is 7. The maximum atomic E-state index is 12.8. The summed E-state index contributed by atoms with van der Waals surface area (Å²) in [6.07, 6.45) is -0.778. The molecule has 3 N–H and O–H groups in total. The molecule has 0 aliphatic rings. The molecule has 5 heteroatoms. The van der Waals surface area contributed by atoms with Crippen molar-refractivity contribution in [3.63, 3.8) is 0 Å². The van der Waals surface area contributed by atoms with E-state index in [-0.39, 0.29) is 19.0 Å². The molecule has 0 heterocycles. The molecule has 2 rings (SSSR count). The number of nitrogens with one attached hydrogen (secondary N) is 1. The minimum atomic E-state index is -0.778. The maximum Gasteiger partial charge on any atom is 0.123 e. The molecule has 1 unspecified atom stereocenters. The van der Waals surface area contributed by atoms with E-state index >= 15 is 0 Å². The van der Waals surface area contributed by atoms with E-state index in [2.05, 4.69) is 5.32 Å². The summed E-state index contributed by atoms with van der Waals surface area (Å²) in [5, 5.41) is 21.0. The highest BCUT2D eigenvalue weighted by Crippen LogP contribution is 2.17. The lowest BCUT2D eigenvalue weighted by Gasteiger charge is -2.11. The van der Waals surface area contributed by atoms with Gasteiger partial charge in [0.25, 0.3) is 0 Å². The fourth-order valence-electron chi connectivity index (χ4n) is 1.72. The first kappa shape index (κ1) is 15.3. The smallest absolute Gasteiger partial charge is 0.123 e. The lowest BCUT2D eigenvalue weighted by atomic mass is 10.2. The topological polar surface area (TPSA) is 61.7 Å². The van der Waals surface area contributed by atoms with Crippen LogP contribution >= 0.6 is 0 Å². The summed E-state index contributed by atoms with van der Waals surface area (Å²) in [6, 6.07) is 13.4. The van der Waals surface area contributed by atoms with Gasteiger partial charge in [-0.1, -0.05) is 12.1 Å². The minimum absolute atomic E-state index is 0.265. The molecule has 21 heavy (non-hydrogen) atoms. The number of hydrogen-bond acceptors (Lipinski definition) is 4. The summed E-state index contributed by atoms with van der Waals surface area (Å²) in [6.45, 7) is 0.383. The van der Waals surface area contributed by atoms with Gasteiger partial charge in [0.2, 0.25) is 0 Å². The van der Waals surface area contributed by atoms with Crippen molar-refractivity contribution in [2.75, 3.05) is 18.5 Å². The first-order valence-corrected chi connectivity index (χ1v) is 6.67. The largest absolute Gasteiger partial charge is 0.489 e. The van der Waals surface area contributed by atoms with Gasteiger partial charge in [-0.3, -0.25) is 0 Å². The normalized spacial score (nSPS) is 12.0. The van der Waals surface area contributed by atoms with Gasteiger partial charge in [0.15, 0.2) is 0 Å². The predicted octanol–water partition coefficient (Wildman–Crippen LogP) is 2.17. The summed E-state index contributed by atoms with van der Waals surface area (Å²) in [5.41, 5.74) is 1.72. The Kier molecular flexibility index (Phi) is 5.54. The molecule has 0 aliphatic carbocycles. The van der Waals surface area contributed by atoms with Gasteiger partial charge in [-0.05, 0) is 42.0 Å². The number of aliphatic hydroxyl groups is 2. The first-order valence-electron chi connectivity index (χ1n) is 6.67. The van der Waals surface area contributed by atoms with Crippen molar-refractivity contribution in [3.05, 3.63) is 59.9 Å². The second-order valence-electron chi connectivity index (χ2n) is 4.66. The second-order valence-corrected chi connectivity index (χ2v) is 4.66. The van der Waals surface area contributed by atoms with Crippen LogP contribution in [-0.4, -0.2) is 29.5 Å². The molecule has 0 radical (unpaired) electrons. The van der Waals surface area contributed by atoms with Crippen molar-refractivity contribution in [2.45, 2.75) is 12.7 Å². The molecule has 0 amide bonds. The quantitative estimate of drug-likeness (QED) is 0.731. The molecule has 112 valence electrons. The van der Waals surface area contributed by atoms with Crippen LogP contribution in [0.25, 0.3) is 0 Å². The van der Waals surface area contributed by atoms with E-state index in [1.54, 1.807) is 24.3 Å². The number of ether oxygens (including phenoxy) is 1. The third kappa shape index (κ3) is 5.06. The second kappa shape index (κ2) is 7.61. The summed E-state index contributed by atoms with van der Waals surface area (Å²) in [4.78, 5) is 0. The Balaban J connectivity index is 1.83. The van der Waals surface area contributed by atoms with Crippen LogP contribution in [0.3, 0.4) is 0 Å². The zero-order valence-electron chi connectivity index (χ0n) is 11.5. The molecule has 0 aliphatic heterocycles. The fourth-order valence-corrected chi connectivity index (χ4v) is 1.72. The van der Waals surface area contributed by atoms with Crippen LogP contribution in [0.5, 0.6) is 5.75 Å². The van der Waals surface area contributed by atoms with E-state index in [4.69, 9.17) is 9.84 Å². The van der Waals surface area contributed by atoms with Crippen molar-refractivity contribution in [1.82, 2.24) is 0 Å². The Morgan fingerprint density at radius 3 is 2.33 bits per heavy atom. The zero-order chi connectivity index (χ0) is 15.1. The van der Waals surface area contributed by atoms with Gasteiger partial charge in [0, 0.05) is 12.2 Å². The highest BCUT2D eigenvalue weighted by atomic mass is 19.1. The zero-order valence-corrected chi connectivity index (χ0v) is 11.5. The summed E-state index contributed by atoms with van der Waals surface area (Å²) >= 11 is 0. The van der Waals surface area contributed by atoms with Gasteiger partial charge < -0.3 is 20.3 Å². The predicted molar refractivity (Wildman–Crippen MR) is 78.8 cm³/mol. The van der Waals surface area contributed by atoms with E-state index in [9.17, 15) is 9.50 Å². The Labute approximate surface area is 122 Å². The third-order valence-corrected chi connectivity index (χ3v) is 2.93. The minimum Gasteiger partial charge on any atom is -0.489 e. The molecule has 2 aromatic rings. The van der Waals surface area contributed by atoms with Crippen LogP contribution in [-0.2, 0) is 6.61 Å². The highest BCUT2D eigenvalue weighted by molar-refractivity contribution is 5.46. The van der Waals surface area contributed by atoms with E-state index < -0.39 is 6.10 Å². The van der Waals surface area contributed by atoms with Gasteiger partial charge in [0.05, 0.1) is 12.7 Å². The molecule has 0 bridgehead atoms. The molecule has 0 spiro atoms. The molecule has 0 aromatic heterocycles. The number of hydrogen-bond donors (Lipinski definition) is 3. The van der Waals surface area contributed by atoms with Crippen molar-refractivity contribution < 1.29 is 19.3 Å². The molecular formula is C16H18FNO3. The summed E-state index contributed by atoms with van der Waals surface area (Å²) in [5.74, 6) is 0.437. The lowest BCUT2D eigenvalue weighted by molar-refractivity contribution is 0.105. The van der Waals surface area contributed by atoms with Crippen LogP contribution < -0.4 is 10.1 Å². The van der Waals surface area contributed by atoms with Gasteiger partial charge >= 0.3 is 0 Å². The number of anilines is 1. The average Bonchev–Trinajstić information content (AvgIpc) is 2.53. The molecule has 0 saturated heterocycles. The van der Waals surface area contributed by atoms with Crippen molar-refractivity contribution in [3.8, 4) is 5.75 Å². The molecule has 0 saturated carbocycles. The summed E-state index contributed by atoms with van der Waals surface area (Å²) in [7, 11) is 0. The number of aliphatic hydroxyl groups excluding tert-OH is 2. The van der Waals surface area contributed by atoms with Crippen LogP contribution in [0.2, 0.25) is 0 Å². The van der Waals surface area contributed by atoms with E-state index in [0.717, 1.165) is 11.3 Å². The van der Waals surface area contributed by atoms with Gasteiger partial charge in [0.1, 0.15) is 18.2 Å². The standard InChI is InChI=1S/C16H18FNO3/c17-13-3-1-12(2-4-13)11-21-16-7-5-14(6-8-16)18-9-15(20)10-19/h1-8,15,18-20H,9-11H2. The van der Waals surface area contributed by atoms with Crippen molar-refractivity contribution in [1.29, 1.82) is 0 Å². The number of halogens is 1.